The van der Waals surface area contributed by atoms with E-state index in [9.17, 15) is 0 Å². The Bertz CT molecular complexity index is 346. The average molecular weight is 295 g/mol. The van der Waals surface area contributed by atoms with E-state index in [1.165, 1.54) is 0 Å². The van der Waals surface area contributed by atoms with E-state index in [4.69, 9.17) is 9.47 Å². The molecule has 1 aliphatic rings. The number of ether oxygens (including phenoxy) is 2. The number of hydrogen-bond acceptors (Lipinski definition) is 3. The molecule has 0 aliphatic carbocycles. The van der Waals surface area contributed by atoms with E-state index in [2.05, 4.69) is 27.3 Å². The minimum absolute atomic E-state index is 0. The molecule has 1 aromatic rings. The number of halogens is 2. The average Bonchev–Trinajstić information content (AvgIpc) is 2.41. The lowest BCUT2D eigenvalue weighted by molar-refractivity contribution is 0.301. The third-order valence-corrected chi connectivity index (χ3v) is 2.61. The second kappa shape index (κ2) is 5.58. The van der Waals surface area contributed by atoms with Gasteiger partial charge in [-0.05, 0) is 12.1 Å². The molecule has 0 bridgehead atoms. The van der Waals surface area contributed by atoms with Gasteiger partial charge in [-0.25, -0.2) is 0 Å². The fourth-order valence-corrected chi connectivity index (χ4v) is 2.00. The first-order valence-electron chi connectivity index (χ1n) is 4.51. The van der Waals surface area contributed by atoms with E-state index in [-0.39, 0.29) is 12.4 Å². The maximum atomic E-state index is 5.62. The Morgan fingerprint density at radius 1 is 1.47 bits per heavy atom. The maximum Gasteiger partial charge on any atom is 0.165 e. The van der Waals surface area contributed by atoms with Crippen molar-refractivity contribution in [3.63, 3.8) is 0 Å². The summed E-state index contributed by atoms with van der Waals surface area (Å²) in [5.74, 6) is 1.65. The minimum Gasteiger partial charge on any atom is -0.493 e. The fraction of sp³-hybridized carbons (Fsp3) is 0.400. The normalized spacial score (nSPS) is 14.3. The van der Waals surface area contributed by atoms with Gasteiger partial charge in [0, 0.05) is 23.1 Å². The summed E-state index contributed by atoms with van der Waals surface area (Å²) in [4.78, 5) is 0. The Hall–Kier alpha value is -0.450. The van der Waals surface area contributed by atoms with Crippen molar-refractivity contribution in [1.29, 1.82) is 0 Å². The Balaban J connectivity index is 0.00000112. The van der Waals surface area contributed by atoms with E-state index in [0.717, 1.165) is 34.6 Å². The van der Waals surface area contributed by atoms with Gasteiger partial charge in [-0.3, -0.25) is 0 Å². The largest absolute Gasteiger partial charge is 0.493 e. The third-order valence-electron chi connectivity index (χ3n) is 2.16. The summed E-state index contributed by atoms with van der Waals surface area (Å²) in [6.45, 7) is 2.38. The number of benzene rings is 1. The Morgan fingerprint density at radius 3 is 3.00 bits per heavy atom. The third kappa shape index (κ3) is 2.77. The van der Waals surface area contributed by atoms with Crippen molar-refractivity contribution in [3.05, 3.63) is 22.2 Å². The minimum atomic E-state index is 0. The van der Waals surface area contributed by atoms with Gasteiger partial charge >= 0.3 is 0 Å². The van der Waals surface area contributed by atoms with E-state index >= 15 is 0 Å². The van der Waals surface area contributed by atoms with Gasteiger partial charge in [-0.2, -0.15) is 0 Å². The highest BCUT2D eigenvalue weighted by molar-refractivity contribution is 9.10. The van der Waals surface area contributed by atoms with Gasteiger partial charge in [0.05, 0.1) is 7.11 Å². The molecular formula is C10H13BrClNO2. The summed E-state index contributed by atoms with van der Waals surface area (Å²) >= 11 is 3.44. The highest BCUT2D eigenvalue weighted by atomic mass is 79.9. The molecule has 2 rings (SSSR count). The predicted octanol–water partition coefficient (Wildman–Crippen LogP) is 2.36. The summed E-state index contributed by atoms with van der Waals surface area (Å²) in [5.41, 5.74) is 1.13. The van der Waals surface area contributed by atoms with Gasteiger partial charge in [0.15, 0.2) is 11.5 Å². The Morgan fingerprint density at radius 2 is 2.27 bits per heavy atom. The van der Waals surface area contributed by atoms with Crippen LogP contribution in [0.3, 0.4) is 0 Å². The zero-order valence-electron chi connectivity index (χ0n) is 8.38. The van der Waals surface area contributed by atoms with Gasteiger partial charge in [0.2, 0.25) is 0 Å². The first-order valence-corrected chi connectivity index (χ1v) is 5.30. The van der Waals surface area contributed by atoms with Crippen molar-refractivity contribution in [2.45, 2.75) is 6.54 Å². The van der Waals surface area contributed by atoms with Crippen LogP contribution in [0.15, 0.2) is 16.6 Å². The topological polar surface area (TPSA) is 30.5 Å². The SMILES string of the molecule is COc1cc(Br)cc2c1OCCNC2.Cl. The van der Waals surface area contributed by atoms with Crippen molar-refractivity contribution in [3.8, 4) is 11.5 Å². The molecule has 3 nitrogen and oxygen atoms in total. The first-order chi connectivity index (χ1) is 6.81. The number of hydrogen-bond donors (Lipinski definition) is 1. The second-order valence-electron chi connectivity index (χ2n) is 3.12. The first kappa shape index (κ1) is 12.6. The lowest BCUT2D eigenvalue weighted by Crippen LogP contribution is -2.16. The van der Waals surface area contributed by atoms with Crippen LogP contribution in [0.5, 0.6) is 11.5 Å². The molecule has 84 valence electrons. The van der Waals surface area contributed by atoms with Crippen molar-refractivity contribution in [2.75, 3.05) is 20.3 Å². The summed E-state index contributed by atoms with van der Waals surface area (Å²) in [5, 5.41) is 3.28. The molecule has 0 spiro atoms. The lowest BCUT2D eigenvalue weighted by Gasteiger charge is -2.11. The maximum absolute atomic E-state index is 5.62. The van der Waals surface area contributed by atoms with Crippen molar-refractivity contribution >= 4 is 28.3 Å². The van der Waals surface area contributed by atoms with Crippen LogP contribution < -0.4 is 14.8 Å². The van der Waals surface area contributed by atoms with Crippen LogP contribution in [-0.4, -0.2) is 20.3 Å². The predicted molar refractivity (Wildman–Crippen MR) is 65.1 cm³/mol. The summed E-state index contributed by atoms with van der Waals surface area (Å²) in [7, 11) is 1.66. The van der Waals surface area contributed by atoms with Crippen molar-refractivity contribution < 1.29 is 9.47 Å². The summed E-state index contributed by atoms with van der Waals surface area (Å²) < 4.78 is 11.9. The van der Waals surface area contributed by atoms with Gasteiger partial charge in [0.1, 0.15) is 6.61 Å². The van der Waals surface area contributed by atoms with E-state index < -0.39 is 0 Å². The van der Waals surface area contributed by atoms with Crippen LogP contribution in [0.25, 0.3) is 0 Å². The van der Waals surface area contributed by atoms with Gasteiger partial charge in [-0.15, -0.1) is 12.4 Å². The quantitative estimate of drug-likeness (QED) is 0.862. The van der Waals surface area contributed by atoms with Crippen LogP contribution in [-0.2, 0) is 6.54 Å². The summed E-state index contributed by atoms with van der Waals surface area (Å²) in [6, 6.07) is 3.97. The molecule has 0 amide bonds. The van der Waals surface area contributed by atoms with Gasteiger partial charge in [0.25, 0.3) is 0 Å². The van der Waals surface area contributed by atoms with Crippen LogP contribution in [0, 0.1) is 0 Å². The molecule has 15 heavy (non-hydrogen) atoms. The molecule has 0 atom stereocenters. The summed E-state index contributed by atoms with van der Waals surface area (Å²) in [6.07, 6.45) is 0. The van der Waals surface area contributed by atoms with E-state index in [1.54, 1.807) is 7.11 Å². The molecule has 0 aromatic heterocycles. The zero-order chi connectivity index (χ0) is 9.97. The second-order valence-corrected chi connectivity index (χ2v) is 4.04. The number of rotatable bonds is 1. The Kier molecular flexibility index (Phi) is 4.70. The molecule has 1 aliphatic heterocycles. The number of fused-ring (bicyclic) bond motifs is 1. The smallest absolute Gasteiger partial charge is 0.165 e. The zero-order valence-corrected chi connectivity index (χ0v) is 10.8. The fourth-order valence-electron chi connectivity index (χ4n) is 1.52. The molecule has 0 radical (unpaired) electrons. The van der Waals surface area contributed by atoms with Crippen LogP contribution in [0.1, 0.15) is 5.56 Å². The monoisotopic (exact) mass is 293 g/mol. The molecule has 1 N–H and O–H groups in total. The van der Waals surface area contributed by atoms with Crippen LogP contribution >= 0.6 is 28.3 Å². The molecule has 1 aromatic carbocycles. The standard InChI is InChI=1S/C10H12BrNO2.ClH/c1-13-9-5-8(11)4-7-6-12-2-3-14-10(7)9;/h4-5,12H,2-3,6H2,1H3;1H. The highest BCUT2D eigenvalue weighted by Gasteiger charge is 2.14. The van der Waals surface area contributed by atoms with Gasteiger partial charge in [-0.1, -0.05) is 15.9 Å². The Labute approximate surface area is 104 Å². The number of methoxy groups -OCH3 is 1. The lowest BCUT2D eigenvalue weighted by atomic mass is 10.2. The molecule has 0 saturated heterocycles. The molecule has 1 heterocycles. The molecule has 5 heteroatoms. The molecule has 0 unspecified atom stereocenters. The molecule has 0 fully saturated rings. The van der Waals surface area contributed by atoms with Crippen LogP contribution in [0.4, 0.5) is 0 Å². The highest BCUT2D eigenvalue weighted by Crippen LogP contribution is 2.35. The van der Waals surface area contributed by atoms with E-state index in [1.807, 2.05) is 6.07 Å². The molecular weight excluding hydrogens is 281 g/mol. The van der Waals surface area contributed by atoms with Crippen molar-refractivity contribution in [1.82, 2.24) is 5.32 Å². The van der Waals surface area contributed by atoms with Crippen molar-refractivity contribution in [2.24, 2.45) is 0 Å². The van der Waals surface area contributed by atoms with Gasteiger partial charge < -0.3 is 14.8 Å². The van der Waals surface area contributed by atoms with E-state index in [0.29, 0.717) is 6.61 Å². The van der Waals surface area contributed by atoms with Crippen LogP contribution in [0.2, 0.25) is 0 Å². The number of nitrogens with one attached hydrogen (secondary N) is 1. The molecule has 0 saturated carbocycles.